The van der Waals surface area contributed by atoms with E-state index in [1.165, 1.54) is 18.0 Å². The number of likely N-dealkylation sites (tertiary alicyclic amines) is 1. The van der Waals surface area contributed by atoms with Gasteiger partial charge in [0.25, 0.3) is 0 Å². The zero-order chi connectivity index (χ0) is 16.1. The van der Waals surface area contributed by atoms with E-state index < -0.39 is 24.0 Å². The van der Waals surface area contributed by atoms with Crippen molar-refractivity contribution in [1.29, 1.82) is 0 Å². The zero-order valence-electron chi connectivity index (χ0n) is 12.1. The highest BCUT2D eigenvalue weighted by Crippen LogP contribution is 2.52. The number of hydrogen-bond donors (Lipinski definition) is 1. The van der Waals surface area contributed by atoms with E-state index >= 15 is 0 Å². The van der Waals surface area contributed by atoms with Gasteiger partial charge in [0, 0.05) is 25.6 Å². The third-order valence-corrected chi connectivity index (χ3v) is 4.40. The summed E-state index contributed by atoms with van der Waals surface area (Å²) in [6, 6.07) is 1.52. The number of carboxylic acid groups (broad SMARTS) is 1. The summed E-state index contributed by atoms with van der Waals surface area (Å²) >= 11 is 6.13. The summed E-state index contributed by atoms with van der Waals surface area (Å²) in [6.45, 7) is 3.25. The van der Waals surface area contributed by atoms with E-state index in [0.717, 1.165) is 5.56 Å². The van der Waals surface area contributed by atoms with Crippen molar-refractivity contribution in [2.45, 2.75) is 38.2 Å². The van der Waals surface area contributed by atoms with Crippen LogP contribution >= 0.6 is 11.6 Å². The second-order valence-electron chi connectivity index (χ2n) is 5.58. The Bertz CT molecular complexity index is 652. The van der Waals surface area contributed by atoms with Crippen LogP contribution in [0.15, 0.2) is 12.3 Å². The lowest BCUT2D eigenvalue weighted by Gasteiger charge is -2.24. The van der Waals surface area contributed by atoms with Crippen LogP contribution < -0.4 is 0 Å². The van der Waals surface area contributed by atoms with Crippen molar-refractivity contribution >= 4 is 23.7 Å². The number of amides is 1. The van der Waals surface area contributed by atoms with Crippen molar-refractivity contribution in [1.82, 2.24) is 9.88 Å². The number of ether oxygens (including phenoxy) is 2. The second-order valence-corrected chi connectivity index (χ2v) is 5.94. The molecule has 0 aromatic carbocycles. The summed E-state index contributed by atoms with van der Waals surface area (Å²) in [6.07, 6.45) is 0.0289. The van der Waals surface area contributed by atoms with E-state index in [9.17, 15) is 14.7 Å². The van der Waals surface area contributed by atoms with E-state index in [4.69, 9.17) is 21.1 Å². The van der Waals surface area contributed by atoms with E-state index in [1.54, 1.807) is 6.07 Å². The predicted molar refractivity (Wildman–Crippen MR) is 75.3 cm³/mol. The number of rotatable bonds is 1. The first-order valence-electron chi connectivity index (χ1n) is 6.83. The maximum absolute atomic E-state index is 11.3. The van der Waals surface area contributed by atoms with Gasteiger partial charge in [0.1, 0.15) is 10.8 Å². The molecule has 1 amide bonds. The zero-order valence-corrected chi connectivity index (χ0v) is 12.8. The highest BCUT2D eigenvalue weighted by Gasteiger charge is 2.54. The molecule has 22 heavy (non-hydrogen) atoms. The molecule has 1 N–H and O–H groups in total. The molecule has 1 aromatic heterocycles. The second kappa shape index (κ2) is 5.10. The lowest BCUT2D eigenvalue weighted by molar-refractivity contribution is -0.201. The van der Waals surface area contributed by atoms with E-state index in [2.05, 4.69) is 4.98 Å². The number of nitrogens with zero attached hydrogens (tertiary/aromatic N) is 2. The Labute approximate surface area is 131 Å². The highest BCUT2D eigenvalue weighted by molar-refractivity contribution is 6.30. The van der Waals surface area contributed by atoms with Crippen LogP contribution in [0.1, 0.15) is 37.7 Å². The molecule has 8 heteroatoms. The first-order valence-corrected chi connectivity index (χ1v) is 7.21. The van der Waals surface area contributed by atoms with Crippen LogP contribution in [0.2, 0.25) is 5.15 Å². The molecule has 0 bridgehead atoms. The van der Waals surface area contributed by atoms with Gasteiger partial charge in [0.15, 0.2) is 0 Å². The lowest BCUT2D eigenvalue weighted by Crippen LogP contribution is -2.35. The monoisotopic (exact) mass is 326 g/mol. The van der Waals surface area contributed by atoms with Gasteiger partial charge in [-0.15, -0.1) is 0 Å². The Morgan fingerprint density at radius 1 is 1.59 bits per heavy atom. The summed E-state index contributed by atoms with van der Waals surface area (Å²) in [7, 11) is 0. The normalized spacial score (nSPS) is 29.7. The molecule has 1 fully saturated rings. The smallest absolute Gasteiger partial charge is 0.407 e. The average Bonchev–Trinajstić information content (AvgIpc) is 2.89. The summed E-state index contributed by atoms with van der Waals surface area (Å²) in [4.78, 5) is 27.9. The van der Waals surface area contributed by atoms with E-state index in [0.29, 0.717) is 12.0 Å². The van der Waals surface area contributed by atoms with Gasteiger partial charge in [-0.25, -0.2) is 9.78 Å². The molecule has 3 rings (SSSR count). The topological polar surface area (TPSA) is 89.0 Å². The lowest BCUT2D eigenvalue weighted by atomic mass is 9.91. The van der Waals surface area contributed by atoms with Crippen LogP contribution in [0.5, 0.6) is 0 Å². The minimum Gasteiger partial charge on any atom is -0.465 e. The van der Waals surface area contributed by atoms with Crippen LogP contribution in [-0.2, 0) is 19.9 Å². The van der Waals surface area contributed by atoms with Gasteiger partial charge >= 0.3 is 12.1 Å². The average molecular weight is 327 g/mol. The minimum absolute atomic E-state index is 0.161. The van der Waals surface area contributed by atoms with E-state index in [-0.39, 0.29) is 17.7 Å². The largest absolute Gasteiger partial charge is 0.465 e. The minimum atomic E-state index is -1.01. The van der Waals surface area contributed by atoms with Crippen molar-refractivity contribution in [2.75, 3.05) is 6.54 Å². The van der Waals surface area contributed by atoms with Crippen LogP contribution in [0.25, 0.3) is 0 Å². The molecule has 7 nitrogen and oxygen atoms in total. The fourth-order valence-corrected chi connectivity index (χ4v) is 3.50. The molecule has 1 saturated heterocycles. The first kappa shape index (κ1) is 15.1. The molecule has 2 unspecified atom stereocenters. The van der Waals surface area contributed by atoms with Crippen LogP contribution in [0, 0.1) is 0 Å². The molecule has 0 aliphatic carbocycles. The first-order chi connectivity index (χ1) is 10.3. The van der Waals surface area contributed by atoms with Crippen molar-refractivity contribution in [2.24, 2.45) is 0 Å². The molecule has 2 aliphatic heterocycles. The summed E-state index contributed by atoms with van der Waals surface area (Å²) in [5.41, 5.74) is 0.369. The van der Waals surface area contributed by atoms with Gasteiger partial charge in [0.05, 0.1) is 12.1 Å². The Kier molecular flexibility index (Phi) is 3.49. The SMILES string of the molecule is CC(=O)OC1OC2(C[C@H](C)N(C(=O)O)C2)c2ccnc(Cl)c21. The predicted octanol–water partition coefficient (Wildman–Crippen LogP) is 2.29. The van der Waals surface area contributed by atoms with Crippen LogP contribution in [0.4, 0.5) is 4.79 Å². The van der Waals surface area contributed by atoms with E-state index in [1.807, 2.05) is 6.92 Å². The molecule has 3 atom stereocenters. The summed E-state index contributed by atoms with van der Waals surface area (Å²) < 4.78 is 11.1. The number of hydrogen-bond acceptors (Lipinski definition) is 5. The Morgan fingerprint density at radius 2 is 2.32 bits per heavy atom. The number of carbonyl (C=O) groups is 2. The summed E-state index contributed by atoms with van der Waals surface area (Å²) in [5.74, 6) is -0.506. The molecule has 1 spiro atoms. The third kappa shape index (κ3) is 2.21. The Morgan fingerprint density at radius 3 is 2.91 bits per heavy atom. The maximum Gasteiger partial charge on any atom is 0.407 e. The molecular weight excluding hydrogens is 312 g/mol. The van der Waals surface area contributed by atoms with Crippen molar-refractivity contribution in [3.05, 3.63) is 28.5 Å². The number of esters is 1. The van der Waals surface area contributed by atoms with Crippen molar-refractivity contribution < 1.29 is 24.2 Å². The number of pyridine rings is 1. The summed E-state index contributed by atoms with van der Waals surface area (Å²) in [5, 5.41) is 9.48. The van der Waals surface area contributed by atoms with Gasteiger partial charge in [-0.2, -0.15) is 0 Å². The van der Waals surface area contributed by atoms with Crippen LogP contribution in [-0.4, -0.2) is 39.6 Å². The third-order valence-electron chi connectivity index (χ3n) is 4.10. The molecule has 118 valence electrons. The molecule has 1 aromatic rings. The van der Waals surface area contributed by atoms with Crippen molar-refractivity contribution in [3.63, 3.8) is 0 Å². The number of halogens is 1. The highest BCUT2D eigenvalue weighted by atomic mass is 35.5. The Balaban J connectivity index is 2.04. The van der Waals surface area contributed by atoms with Gasteiger partial charge < -0.3 is 19.5 Å². The molecule has 0 radical (unpaired) electrons. The van der Waals surface area contributed by atoms with Crippen molar-refractivity contribution in [3.8, 4) is 0 Å². The maximum atomic E-state index is 11.3. The fourth-order valence-electron chi connectivity index (χ4n) is 3.25. The molecule has 0 saturated carbocycles. The number of carbonyl (C=O) groups excluding carboxylic acids is 1. The molecule has 2 aliphatic rings. The van der Waals surface area contributed by atoms with Gasteiger partial charge in [-0.3, -0.25) is 4.79 Å². The standard InChI is InChI=1S/C14H15ClN2O5/c1-7-5-14(6-17(7)13(19)20)9-3-4-16-11(15)10(9)12(22-14)21-8(2)18/h3-4,7,12H,5-6H2,1-2H3,(H,19,20)/t7-,12?,14?/m0/s1. The Hall–Kier alpha value is -1.86. The van der Waals surface area contributed by atoms with Gasteiger partial charge in [-0.05, 0) is 18.6 Å². The number of fused-ring (bicyclic) bond motifs is 2. The van der Waals surface area contributed by atoms with Gasteiger partial charge in [-0.1, -0.05) is 11.6 Å². The fraction of sp³-hybridized carbons (Fsp3) is 0.500. The van der Waals surface area contributed by atoms with Crippen LogP contribution in [0.3, 0.4) is 0 Å². The number of aromatic nitrogens is 1. The molecular formula is C14H15ClN2O5. The molecule has 3 heterocycles. The quantitative estimate of drug-likeness (QED) is 0.629. The van der Waals surface area contributed by atoms with Gasteiger partial charge in [0.2, 0.25) is 6.29 Å².